The minimum Gasteiger partial charge on any atom is -0.377 e. The summed E-state index contributed by atoms with van der Waals surface area (Å²) in [7, 11) is 0.471. The number of rotatable bonds is 10. The summed E-state index contributed by atoms with van der Waals surface area (Å²) in [5, 5.41) is 8.73. The molecule has 1 unspecified atom stereocenters. The molecule has 0 N–H and O–H groups in total. The van der Waals surface area contributed by atoms with Gasteiger partial charge in [-0.1, -0.05) is 12.1 Å². The lowest BCUT2D eigenvalue weighted by molar-refractivity contribution is -0.462. The van der Waals surface area contributed by atoms with Gasteiger partial charge in [-0.25, -0.2) is 0 Å². The standard InChI is InChI=1S/C18H10F17NO/c1-37-10(9-4-2-3-8(5-9)7-36)6-11(19,20)12(21,22)13(23,24)14(25,26)15(27,28)16(29,30)17(31,32)18(33,34)35/h2-5,10H,6H2,1H3. The van der Waals surface area contributed by atoms with Gasteiger partial charge < -0.3 is 4.74 Å². The maximum atomic E-state index is 14.2. The lowest BCUT2D eigenvalue weighted by atomic mass is 9.87. The second-order valence-electron chi connectivity index (χ2n) is 7.31. The van der Waals surface area contributed by atoms with Crippen molar-refractivity contribution in [2.24, 2.45) is 0 Å². The van der Waals surface area contributed by atoms with Crippen molar-refractivity contribution < 1.29 is 79.4 Å². The van der Waals surface area contributed by atoms with Crippen LogP contribution in [-0.2, 0) is 4.74 Å². The van der Waals surface area contributed by atoms with Gasteiger partial charge in [-0.15, -0.1) is 0 Å². The van der Waals surface area contributed by atoms with Crippen molar-refractivity contribution in [3.63, 3.8) is 0 Å². The summed E-state index contributed by atoms with van der Waals surface area (Å²) in [5.74, 6) is -56.8. The van der Waals surface area contributed by atoms with Gasteiger partial charge in [0.05, 0.1) is 17.7 Å². The van der Waals surface area contributed by atoms with Crippen molar-refractivity contribution in [3.8, 4) is 6.07 Å². The van der Waals surface area contributed by atoms with Crippen LogP contribution in [0.5, 0.6) is 0 Å². The Morgan fingerprint density at radius 3 is 1.46 bits per heavy atom. The lowest BCUT2D eigenvalue weighted by Crippen LogP contribution is -2.74. The van der Waals surface area contributed by atoms with Crippen molar-refractivity contribution in [1.29, 1.82) is 5.26 Å². The molecule has 0 aliphatic carbocycles. The summed E-state index contributed by atoms with van der Waals surface area (Å²) >= 11 is 0. The number of methoxy groups -OCH3 is 1. The van der Waals surface area contributed by atoms with E-state index in [-0.39, 0.29) is 5.56 Å². The monoisotopic (exact) mass is 579 g/mol. The SMILES string of the molecule is COC(CC(F)(F)C(F)(F)C(F)(F)C(F)(F)C(F)(F)C(F)(F)C(F)(F)C(F)(F)F)c1cccc(C#N)c1. The second-order valence-corrected chi connectivity index (χ2v) is 7.31. The predicted molar refractivity (Wildman–Crippen MR) is 86.2 cm³/mol. The molecule has 1 aromatic rings. The van der Waals surface area contributed by atoms with Crippen LogP contribution in [0.1, 0.15) is 23.7 Å². The largest absolute Gasteiger partial charge is 0.460 e. The molecular weight excluding hydrogens is 569 g/mol. The zero-order valence-corrected chi connectivity index (χ0v) is 17.4. The summed E-state index contributed by atoms with van der Waals surface area (Å²) in [6.07, 6.45) is -13.1. The highest BCUT2D eigenvalue weighted by atomic mass is 19.4. The molecule has 0 aromatic heterocycles. The number of nitrogens with zero attached hydrogens (tertiary/aromatic N) is 1. The van der Waals surface area contributed by atoms with E-state index in [1.54, 1.807) is 0 Å². The van der Waals surface area contributed by atoms with Crippen LogP contribution in [0.4, 0.5) is 74.6 Å². The normalized spacial score (nSPS) is 15.9. The molecule has 37 heavy (non-hydrogen) atoms. The fourth-order valence-electron chi connectivity index (χ4n) is 2.70. The number of alkyl halides is 17. The Morgan fingerprint density at radius 2 is 1.08 bits per heavy atom. The van der Waals surface area contributed by atoms with Gasteiger partial charge in [0, 0.05) is 13.5 Å². The Balaban J connectivity index is 3.60. The maximum absolute atomic E-state index is 14.2. The zero-order valence-electron chi connectivity index (χ0n) is 17.4. The molecule has 0 bridgehead atoms. The van der Waals surface area contributed by atoms with Gasteiger partial charge in [0.15, 0.2) is 0 Å². The quantitative estimate of drug-likeness (QED) is 0.267. The first-order valence-electron chi connectivity index (χ1n) is 8.95. The molecule has 1 rings (SSSR count). The van der Waals surface area contributed by atoms with Crippen molar-refractivity contribution >= 4 is 0 Å². The Morgan fingerprint density at radius 1 is 0.676 bits per heavy atom. The molecule has 1 atom stereocenters. The molecule has 2 nitrogen and oxygen atoms in total. The van der Waals surface area contributed by atoms with E-state index in [0.717, 1.165) is 18.2 Å². The third-order valence-corrected chi connectivity index (χ3v) is 4.90. The molecule has 0 radical (unpaired) electrons. The van der Waals surface area contributed by atoms with Gasteiger partial charge in [-0.3, -0.25) is 0 Å². The van der Waals surface area contributed by atoms with E-state index in [0.29, 0.717) is 13.2 Å². The van der Waals surface area contributed by atoms with Crippen LogP contribution in [0.2, 0.25) is 0 Å². The summed E-state index contributed by atoms with van der Waals surface area (Å²) in [5.41, 5.74) is -1.02. The Bertz CT molecular complexity index is 1010. The summed E-state index contributed by atoms with van der Waals surface area (Å²) < 4.78 is 231. The van der Waals surface area contributed by atoms with E-state index in [2.05, 4.69) is 4.74 Å². The fraction of sp³-hybridized carbons (Fsp3) is 0.611. The second kappa shape index (κ2) is 9.34. The van der Waals surface area contributed by atoms with Crippen molar-refractivity contribution in [2.75, 3.05) is 7.11 Å². The lowest BCUT2D eigenvalue weighted by Gasteiger charge is -2.43. The van der Waals surface area contributed by atoms with Gasteiger partial charge in [-0.05, 0) is 17.7 Å². The molecule has 0 heterocycles. The highest BCUT2D eigenvalue weighted by Gasteiger charge is 2.95. The highest BCUT2D eigenvalue weighted by molar-refractivity contribution is 5.34. The molecule has 0 saturated carbocycles. The van der Waals surface area contributed by atoms with E-state index >= 15 is 0 Å². The molecule has 19 heteroatoms. The Hall–Kier alpha value is -2.52. The number of ether oxygens (including phenoxy) is 1. The first-order chi connectivity index (χ1) is 16.2. The number of hydrogen-bond acceptors (Lipinski definition) is 2. The molecule has 0 aliphatic rings. The first-order valence-corrected chi connectivity index (χ1v) is 8.95. The van der Waals surface area contributed by atoms with Crippen molar-refractivity contribution in [1.82, 2.24) is 0 Å². The number of hydrogen-bond donors (Lipinski definition) is 0. The van der Waals surface area contributed by atoms with Crippen molar-refractivity contribution in [2.45, 2.75) is 60.2 Å². The maximum Gasteiger partial charge on any atom is 0.460 e. The fourth-order valence-corrected chi connectivity index (χ4v) is 2.70. The smallest absolute Gasteiger partial charge is 0.377 e. The summed E-state index contributed by atoms with van der Waals surface area (Å²) in [6.45, 7) is 0. The minimum absolute atomic E-state index is 0.362. The Kier molecular flexibility index (Phi) is 8.21. The van der Waals surface area contributed by atoms with Crippen LogP contribution < -0.4 is 0 Å². The third-order valence-electron chi connectivity index (χ3n) is 4.90. The molecule has 212 valence electrons. The zero-order chi connectivity index (χ0) is 29.7. The van der Waals surface area contributed by atoms with Gasteiger partial charge in [0.25, 0.3) is 0 Å². The van der Waals surface area contributed by atoms with Crippen LogP contribution in [-0.4, -0.2) is 54.7 Å². The predicted octanol–water partition coefficient (Wildman–Crippen LogP) is 7.65. The molecule has 1 aromatic carbocycles. The Labute approximate surface area is 194 Å². The van der Waals surface area contributed by atoms with Crippen molar-refractivity contribution in [3.05, 3.63) is 35.4 Å². The molecule has 0 aliphatic heterocycles. The molecule has 0 spiro atoms. The van der Waals surface area contributed by atoms with Crippen LogP contribution in [0.25, 0.3) is 0 Å². The summed E-state index contributed by atoms with van der Waals surface area (Å²) in [4.78, 5) is 0. The van der Waals surface area contributed by atoms with Crippen LogP contribution in [0.3, 0.4) is 0 Å². The number of nitriles is 1. The van der Waals surface area contributed by atoms with Gasteiger partial charge in [-0.2, -0.15) is 79.9 Å². The van der Waals surface area contributed by atoms with Gasteiger partial charge in [0.2, 0.25) is 0 Å². The highest BCUT2D eigenvalue weighted by Crippen LogP contribution is 2.64. The van der Waals surface area contributed by atoms with Gasteiger partial charge in [0.1, 0.15) is 0 Å². The van der Waals surface area contributed by atoms with Crippen LogP contribution >= 0.6 is 0 Å². The van der Waals surface area contributed by atoms with E-state index in [1.165, 1.54) is 6.07 Å². The number of benzene rings is 1. The number of halogens is 17. The average Bonchev–Trinajstić information content (AvgIpc) is 2.75. The molecular formula is C18H10F17NO. The average molecular weight is 579 g/mol. The third kappa shape index (κ3) is 4.76. The van der Waals surface area contributed by atoms with E-state index < -0.39 is 65.7 Å². The van der Waals surface area contributed by atoms with E-state index in [1.807, 2.05) is 0 Å². The van der Waals surface area contributed by atoms with Gasteiger partial charge >= 0.3 is 47.6 Å². The van der Waals surface area contributed by atoms with E-state index in [4.69, 9.17) is 5.26 Å². The summed E-state index contributed by atoms with van der Waals surface area (Å²) in [6, 6.07) is 4.78. The van der Waals surface area contributed by atoms with E-state index in [9.17, 15) is 74.6 Å². The topological polar surface area (TPSA) is 33.0 Å². The minimum atomic E-state index is -8.68. The molecule has 0 saturated heterocycles. The molecule has 0 amide bonds. The van der Waals surface area contributed by atoms with Crippen LogP contribution in [0.15, 0.2) is 24.3 Å². The first kappa shape index (κ1) is 32.5. The van der Waals surface area contributed by atoms with Crippen LogP contribution in [0, 0.1) is 11.3 Å². The molecule has 0 fully saturated rings.